The molecular formula is C19H18ClN3O4. The number of anilines is 1. The number of amides is 3. The third-order valence-corrected chi connectivity index (χ3v) is 4.11. The molecule has 1 aliphatic rings. The van der Waals surface area contributed by atoms with Crippen LogP contribution in [-0.2, 0) is 9.59 Å². The Morgan fingerprint density at radius 2 is 1.63 bits per heavy atom. The summed E-state index contributed by atoms with van der Waals surface area (Å²) in [6.07, 6.45) is 1.85. The third-order valence-electron chi connectivity index (χ3n) is 3.86. The number of halogens is 1. The minimum absolute atomic E-state index is 0.000141. The maximum Gasteiger partial charge on any atom is 0.276 e. The summed E-state index contributed by atoms with van der Waals surface area (Å²) in [7, 11) is 0. The summed E-state index contributed by atoms with van der Waals surface area (Å²) in [6.45, 7) is -0.256. The molecule has 1 aliphatic carbocycles. The van der Waals surface area contributed by atoms with Crippen LogP contribution < -0.4 is 20.9 Å². The average Bonchev–Trinajstić information content (AvgIpc) is 3.51. The van der Waals surface area contributed by atoms with Gasteiger partial charge in [-0.2, -0.15) is 0 Å². The summed E-state index contributed by atoms with van der Waals surface area (Å²) < 4.78 is 5.28. The summed E-state index contributed by atoms with van der Waals surface area (Å²) in [5.41, 5.74) is 5.55. The second kappa shape index (κ2) is 8.55. The van der Waals surface area contributed by atoms with Gasteiger partial charge in [-0.15, -0.1) is 0 Å². The van der Waals surface area contributed by atoms with Crippen LogP contribution in [0.15, 0.2) is 48.5 Å². The Morgan fingerprint density at radius 1 is 0.963 bits per heavy atom. The first kappa shape index (κ1) is 18.7. The lowest BCUT2D eigenvalue weighted by Gasteiger charge is -2.09. The van der Waals surface area contributed by atoms with E-state index >= 15 is 0 Å². The Balaban J connectivity index is 1.42. The zero-order valence-electron chi connectivity index (χ0n) is 14.3. The predicted molar refractivity (Wildman–Crippen MR) is 100 cm³/mol. The smallest absolute Gasteiger partial charge is 0.276 e. The Hall–Kier alpha value is -3.06. The fourth-order valence-corrected chi connectivity index (χ4v) is 2.34. The Labute approximate surface area is 161 Å². The van der Waals surface area contributed by atoms with E-state index in [0.717, 1.165) is 12.8 Å². The molecule has 0 atom stereocenters. The zero-order chi connectivity index (χ0) is 19.2. The summed E-state index contributed by atoms with van der Waals surface area (Å²) in [6, 6.07) is 13.0. The van der Waals surface area contributed by atoms with E-state index in [-0.39, 0.29) is 18.4 Å². The molecule has 0 aromatic heterocycles. The molecule has 0 radical (unpaired) electrons. The largest absolute Gasteiger partial charge is 0.484 e. The van der Waals surface area contributed by atoms with Gasteiger partial charge < -0.3 is 10.1 Å². The lowest BCUT2D eigenvalue weighted by molar-refractivity contribution is -0.123. The standard InChI is InChI=1S/C19H18ClN3O4/c20-14-5-9-16(10-6-14)27-11-17(24)22-23-19(26)13-3-7-15(8-4-13)21-18(25)12-1-2-12/h3-10,12H,1-2,11H2,(H,21,25)(H,22,24)(H,23,26). The van der Waals surface area contributed by atoms with Gasteiger partial charge in [-0.05, 0) is 61.4 Å². The Bertz CT molecular complexity index is 833. The maximum absolute atomic E-state index is 12.0. The molecule has 8 heteroatoms. The van der Waals surface area contributed by atoms with Crippen molar-refractivity contribution in [3.05, 3.63) is 59.1 Å². The lowest BCUT2D eigenvalue weighted by Crippen LogP contribution is -2.43. The monoisotopic (exact) mass is 387 g/mol. The summed E-state index contributed by atoms with van der Waals surface area (Å²) in [5, 5.41) is 3.36. The first-order chi connectivity index (χ1) is 13.0. The van der Waals surface area contributed by atoms with Crippen LogP contribution in [0.2, 0.25) is 5.02 Å². The molecule has 0 saturated heterocycles. The molecule has 27 heavy (non-hydrogen) atoms. The molecule has 0 spiro atoms. The van der Waals surface area contributed by atoms with Crippen LogP contribution in [0.5, 0.6) is 5.75 Å². The molecule has 3 amide bonds. The molecule has 0 bridgehead atoms. The van der Waals surface area contributed by atoms with Crippen LogP contribution in [0, 0.1) is 5.92 Å². The normalized spacial score (nSPS) is 12.8. The third kappa shape index (κ3) is 5.72. The molecular weight excluding hydrogens is 370 g/mol. The molecule has 0 aliphatic heterocycles. The van der Waals surface area contributed by atoms with Crippen molar-refractivity contribution in [1.29, 1.82) is 0 Å². The Morgan fingerprint density at radius 3 is 2.26 bits per heavy atom. The Kier molecular flexibility index (Phi) is 5.93. The predicted octanol–water partition coefficient (Wildman–Crippen LogP) is 2.53. The molecule has 140 valence electrons. The van der Waals surface area contributed by atoms with Crippen LogP contribution in [0.4, 0.5) is 5.69 Å². The highest BCUT2D eigenvalue weighted by Crippen LogP contribution is 2.30. The molecule has 2 aromatic carbocycles. The first-order valence-corrected chi connectivity index (χ1v) is 8.77. The van der Waals surface area contributed by atoms with Crippen LogP contribution in [0.3, 0.4) is 0 Å². The summed E-state index contributed by atoms with van der Waals surface area (Å²) in [5.74, 6) is -0.385. The van der Waals surface area contributed by atoms with Crippen molar-refractivity contribution < 1.29 is 19.1 Å². The zero-order valence-corrected chi connectivity index (χ0v) is 15.1. The molecule has 2 aromatic rings. The number of hydrogen-bond donors (Lipinski definition) is 3. The number of ether oxygens (including phenoxy) is 1. The SMILES string of the molecule is O=C(COc1ccc(Cl)cc1)NNC(=O)c1ccc(NC(=O)C2CC2)cc1. The van der Waals surface area contributed by atoms with Crippen LogP contribution in [0.25, 0.3) is 0 Å². The van der Waals surface area contributed by atoms with Crippen molar-refractivity contribution in [2.45, 2.75) is 12.8 Å². The van der Waals surface area contributed by atoms with Gasteiger partial charge in [0.25, 0.3) is 11.8 Å². The fraction of sp³-hybridized carbons (Fsp3) is 0.211. The van der Waals surface area contributed by atoms with Crippen molar-refractivity contribution >= 4 is 35.0 Å². The number of rotatable bonds is 6. The minimum atomic E-state index is -0.508. The molecule has 7 nitrogen and oxygen atoms in total. The average molecular weight is 388 g/mol. The molecule has 0 unspecified atom stereocenters. The number of carbonyl (C=O) groups excluding carboxylic acids is 3. The highest BCUT2D eigenvalue weighted by atomic mass is 35.5. The topological polar surface area (TPSA) is 96.5 Å². The summed E-state index contributed by atoms with van der Waals surface area (Å²) >= 11 is 5.77. The van der Waals surface area contributed by atoms with Gasteiger partial charge in [-0.1, -0.05) is 11.6 Å². The number of benzene rings is 2. The van der Waals surface area contributed by atoms with Crippen molar-refractivity contribution in [2.24, 2.45) is 5.92 Å². The minimum Gasteiger partial charge on any atom is -0.484 e. The van der Waals surface area contributed by atoms with Gasteiger partial charge in [0.2, 0.25) is 5.91 Å². The van der Waals surface area contributed by atoms with Crippen molar-refractivity contribution in [3.63, 3.8) is 0 Å². The van der Waals surface area contributed by atoms with Crippen LogP contribution in [-0.4, -0.2) is 24.3 Å². The van der Waals surface area contributed by atoms with Gasteiger partial charge in [0.05, 0.1) is 0 Å². The van der Waals surface area contributed by atoms with Crippen LogP contribution >= 0.6 is 11.6 Å². The number of nitrogens with one attached hydrogen (secondary N) is 3. The van der Waals surface area contributed by atoms with E-state index in [2.05, 4.69) is 16.2 Å². The molecule has 0 heterocycles. The molecule has 3 N–H and O–H groups in total. The van der Waals surface area contributed by atoms with Crippen molar-refractivity contribution in [1.82, 2.24) is 10.9 Å². The van der Waals surface area contributed by atoms with Gasteiger partial charge >= 0.3 is 0 Å². The second-order valence-electron chi connectivity index (χ2n) is 6.09. The number of hydrazine groups is 1. The quantitative estimate of drug-likeness (QED) is 0.663. The highest BCUT2D eigenvalue weighted by Gasteiger charge is 2.29. The molecule has 1 saturated carbocycles. The van der Waals surface area contributed by atoms with Crippen molar-refractivity contribution in [2.75, 3.05) is 11.9 Å². The van der Waals surface area contributed by atoms with E-state index in [1.807, 2.05) is 0 Å². The lowest BCUT2D eigenvalue weighted by atomic mass is 10.2. The van der Waals surface area contributed by atoms with Crippen LogP contribution in [0.1, 0.15) is 23.2 Å². The fourth-order valence-electron chi connectivity index (χ4n) is 2.21. The first-order valence-electron chi connectivity index (χ1n) is 8.40. The molecule has 3 rings (SSSR count). The van der Waals surface area contributed by atoms with E-state index in [1.54, 1.807) is 48.5 Å². The molecule has 1 fully saturated rings. The number of hydrogen-bond acceptors (Lipinski definition) is 4. The van der Waals surface area contributed by atoms with Gasteiger partial charge in [0.1, 0.15) is 5.75 Å². The maximum atomic E-state index is 12.0. The van der Waals surface area contributed by atoms with Gasteiger partial charge in [-0.25, -0.2) is 0 Å². The van der Waals surface area contributed by atoms with E-state index in [4.69, 9.17) is 16.3 Å². The highest BCUT2D eigenvalue weighted by molar-refractivity contribution is 6.30. The van der Waals surface area contributed by atoms with E-state index < -0.39 is 11.8 Å². The summed E-state index contributed by atoms with van der Waals surface area (Å²) in [4.78, 5) is 35.5. The van der Waals surface area contributed by atoms with Crippen molar-refractivity contribution in [3.8, 4) is 5.75 Å². The van der Waals surface area contributed by atoms with E-state index in [9.17, 15) is 14.4 Å². The van der Waals surface area contributed by atoms with Gasteiger partial charge in [-0.3, -0.25) is 25.2 Å². The number of carbonyl (C=O) groups is 3. The second-order valence-corrected chi connectivity index (χ2v) is 6.52. The van der Waals surface area contributed by atoms with Gasteiger partial charge in [0.15, 0.2) is 6.61 Å². The van der Waals surface area contributed by atoms with E-state index in [1.165, 1.54) is 0 Å². The van der Waals surface area contributed by atoms with E-state index in [0.29, 0.717) is 22.0 Å². The van der Waals surface area contributed by atoms with Gasteiger partial charge in [0, 0.05) is 22.2 Å².